The molecule has 0 saturated carbocycles. The summed E-state index contributed by atoms with van der Waals surface area (Å²) < 4.78 is 1.91. The Morgan fingerprint density at radius 1 is 1.24 bits per heavy atom. The van der Waals surface area contributed by atoms with Crippen LogP contribution in [0.25, 0.3) is 5.69 Å². The largest absolute Gasteiger partial charge is 0.333 e. The number of carbonyl (C=O) groups is 1. The molecule has 0 bridgehead atoms. The second kappa shape index (κ2) is 5.55. The van der Waals surface area contributed by atoms with E-state index in [1.807, 2.05) is 44.7 Å². The number of carbonyl (C=O) groups excluding carboxylic acids is 1. The van der Waals surface area contributed by atoms with E-state index in [1.165, 1.54) is 6.33 Å². The van der Waals surface area contributed by atoms with Crippen LogP contribution in [0.2, 0.25) is 0 Å². The summed E-state index contributed by atoms with van der Waals surface area (Å²) in [6.07, 6.45) is 8.80. The Bertz CT molecular complexity index is 627. The van der Waals surface area contributed by atoms with E-state index in [2.05, 4.69) is 15.3 Å². The van der Waals surface area contributed by atoms with Crippen molar-refractivity contribution in [2.75, 3.05) is 11.9 Å². The molecule has 0 aromatic carbocycles. The molecule has 6 heteroatoms. The van der Waals surface area contributed by atoms with Gasteiger partial charge in [-0.15, -0.1) is 0 Å². The van der Waals surface area contributed by atoms with E-state index in [0.29, 0.717) is 0 Å². The highest BCUT2D eigenvalue weighted by atomic mass is 16.2. The monoisotopic (exact) mass is 287 g/mol. The van der Waals surface area contributed by atoms with Crippen LogP contribution in [0.5, 0.6) is 0 Å². The summed E-state index contributed by atoms with van der Waals surface area (Å²) in [7, 11) is 1.76. The topological polar surface area (TPSA) is 63.1 Å². The van der Waals surface area contributed by atoms with Crippen LogP contribution in [0.1, 0.15) is 26.3 Å². The lowest BCUT2D eigenvalue weighted by atomic mass is 10.1. The third-order valence-corrected chi connectivity index (χ3v) is 2.99. The highest BCUT2D eigenvalue weighted by molar-refractivity contribution is 5.92. The summed E-state index contributed by atoms with van der Waals surface area (Å²) in [5.41, 5.74) is 2.44. The van der Waals surface area contributed by atoms with Crippen LogP contribution in [0.15, 0.2) is 31.1 Å². The zero-order valence-corrected chi connectivity index (χ0v) is 13.1. The van der Waals surface area contributed by atoms with Gasteiger partial charge < -0.3 is 9.88 Å². The van der Waals surface area contributed by atoms with Crippen LogP contribution >= 0.6 is 0 Å². The van der Waals surface area contributed by atoms with Gasteiger partial charge in [0, 0.05) is 25.0 Å². The van der Waals surface area contributed by atoms with Crippen molar-refractivity contribution in [2.24, 2.45) is 0 Å². The Morgan fingerprint density at radius 2 is 1.86 bits per heavy atom. The van der Waals surface area contributed by atoms with Crippen molar-refractivity contribution in [1.82, 2.24) is 19.9 Å². The van der Waals surface area contributed by atoms with Gasteiger partial charge in [-0.2, -0.15) is 0 Å². The number of aryl methyl sites for hydroxylation is 1. The maximum absolute atomic E-state index is 12.2. The van der Waals surface area contributed by atoms with Crippen molar-refractivity contribution in [3.8, 4) is 5.69 Å². The van der Waals surface area contributed by atoms with Crippen LogP contribution in [-0.4, -0.2) is 33.2 Å². The Balaban J connectivity index is 2.25. The van der Waals surface area contributed by atoms with Gasteiger partial charge in [-0.25, -0.2) is 14.8 Å². The molecule has 0 unspecified atom stereocenters. The molecule has 2 heterocycles. The first-order valence-electron chi connectivity index (χ1n) is 6.78. The fourth-order valence-electron chi connectivity index (χ4n) is 1.98. The predicted octanol–water partition coefficient (Wildman–Crippen LogP) is 2.52. The molecule has 0 aliphatic rings. The zero-order valence-electron chi connectivity index (χ0n) is 13.1. The third-order valence-electron chi connectivity index (χ3n) is 2.99. The van der Waals surface area contributed by atoms with Crippen molar-refractivity contribution in [3.63, 3.8) is 0 Å². The molecule has 112 valence electrons. The van der Waals surface area contributed by atoms with Crippen LogP contribution in [0.4, 0.5) is 10.5 Å². The number of nitrogens with one attached hydrogen (secondary N) is 1. The number of aromatic nitrogens is 3. The van der Waals surface area contributed by atoms with Gasteiger partial charge in [-0.3, -0.25) is 4.90 Å². The van der Waals surface area contributed by atoms with E-state index in [-0.39, 0.29) is 11.6 Å². The standard InChI is InChI=1S/C15H21N5O/c1-11-8-20(12-6-16-10-17-7-12)9-13(11)19(5)14(21)18-15(2,3)4/h6-10H,1-5H3,(H,18,21). The molecule has 2 amide bonds. The van der Waals surface area contributed by atoms with Crippen molar-refractivity contribution in [2.45, 2.75) is 33.2 Å². The summed E-state index contributed by atoms with van der Waals surface area (Å²) in [6.45, 7) is 7.84. The molecule has 0 fully saturated rings. The van der Waals surface area contributed by atoms with Crippen LogP contribution in [-0.2, 0) is 0 Å². The maximum Gasteiger partial charge on any atom is 0.322 e. The summed E-state index contributed by atoms with van der Waals surface area (Å²) in [5, 5.41) is 2.95. The lowest BCUT2D eigenvalue weighted by Gasteiger charge is -2.25. The Hall–Kier alpha value is -2.37. The number of rotatable bonds is 2. The molecule has 0 atom stereocenters. The van der Waals surface area contributed by atoms with Crippen LogP contribution < -0.4 is 10.2 Å². The maximum atomic E-state index is 12.2. The first-order valence-corrected chi connectivity index (χ1v) is 6.78. The molecule has 2 rings (SSSR count). The summed E-state index contributed by atoms with van der Waals surface area (Å²) >= 11 is 0. The summed E-state index contributed by atoms with van der Waals surface area (Å²) in [4.78, 5) is 21.9. The first-order chi connectivity index (χ1) is 9.78. The zero-order chi connectivity index (χ0) is 15.6. The van der Waals surface area contributed by atoms with Gasteiger partial charge in [-0.1, -0.05) is 0 Å². The Morgan fingerprint density at radius 3 is 2.43 bits per heavy atom. The van der Waals surface area contributed by atoms with E-state index in [1.54, 1.807) is 24.3 Å². The second-order valence-corrected chi connectivity index (χ2v) is 6.07. The summed E-state index contributed by atoms with van der Waals surface area (Å²) in [5.74, 6) is 0. The van der Waals surface area contributed by atoms with Crippen LogP contribution in [0.3, 0.4) is 0 Å². The summed E-state index contributed by atoms with van der Waals surface area (Å²) in [6, 6.07) is -0.132. The molecular formula is C15H21N5O. The molecule has 0 saturated heterocycles. The SMILES string of the molecule is Cc1cn(-c2cncnc2)cc1N(C)C(=O)NC(C)(C)C. The van der Waals surface area contributed by atoms with E-state index < -0.39 is 0 Å². The number of urea groups is 1. The van der Waals surface area contributed by atoms with Crippen molar-refractivity contribution >= 4 is 11.7 Å². The first kappa shape index (κ1) is 15.0. The number of nitrogens with zero attached hydrogens (tertiary/aromatic N) is 4. The normalized spacial score (nSPS) is 11.3. The van der Waals surface area contributed by atoms with E-state index in [9.17, 15) is 4.79 Å². The fourth-order valence-corrected chi connectivity index (χ4v) is 1.98. The number of amides is 2. The smallest absolute Gasteiger partial charge is 0.322 e. The fraction of sp³-hybridized carbons (Fsp3) is 0.400. The Labute approximate surface area is 124 Å². The molecule has 2 aromatic rings. The Kier molecular flexibility index (Phi) is 3.97. The molecule has 2 aromatic heterocycles. The molecule has 21 heavy (non-hydrogen) atoms. The average Bonchev–Trinajstić information content (AvgIpc) is 2.79. The van der Waals surface area contributed by atoms with Crippen molar-refractivity contribution in [3.05, 3.63) is 36.7 Å². The average molecular weight is 287 g/mol. The third kappa shape index (κ3) is 3.59. The second-order valence-electron chi connectivity index (χ2n) is 6.07. The van der Waals surface area contributed by atoms with Gasteiger partial charge in [0.25, 0.3) is 0 Å². The molecule has 0 spiro atoms. The molecular weight excluding hydrogens is 266 g/mol. The van der Waals surface area contributed by atoms with Crippen molar-refractivity contribution < 1.29 is 4.79 Å². The van der Waals surface area contributed by atoms with Gasteiger partial charge in [0.05, 0.1) is 23.8 Å². The van der Waals surface area contributed by atoms with E-state index >= 15 is 0 Å². The van der Waals surface area contributed by atoms with E-state index in [4.69, 9.17) is 0 Å². The number of hydrogen-bond acceptors (Lipinski definition) is 3. The minimum Gasteiger partial charge on any atom is -0.333 e. The predicted molar refractivity (Wildman–Crippen MR) is 82.8 cm³/mol. The lowest BCUT2D eigenvalue weighted by Crippen LogP contribution is -2.47. The molecule has 0 aliphatic carbocycles. The lowest BCUT2D eigenvalue weighted by molar-refractivity contribution is 0.239. The van der Waals surface area contributed by atoms with Gasteiger partial charge in [0.1, 0.15) is 6.33 Å². The molecule has 0 aliphatic heterocycles. The molecule has 0 radical (unpaired) electrons. The van der Waals surface area contributed by atoms with Gasteiger partial charge in [0.2, 0.25) is 0 Å². The number of anilines is 1. The number of hydrogen-bond donors (Lipinski definition) is 1. The highest BCUT2D eigenvalue weighted by Crippen LogP contribution is 2.22. The highest BCUT2D eigenvalue weighted by Gasteiger charge is 2.20. The van der Waals surface area contributed by atoms with E-state index in [0.717, 1.165) is 16.9 Å². The molecule has 1 N–H and O–H groups in total. The van der Waals surface area contributed by atoms with Gasteiger partial charge >= 0.3 is 6.03 Å². The minimum absolute atomic E-state index is 0.132. The van der Waals surface area contributed by atoms with Gasteiger partial charge in [-0.05, 0) is 33.3 Å². The van der Waals surface area contributed by atoms with Crippen LogP contribution in [0, 0.1) is 6.92 Å². The van der Waals surface area contributed by atoms with Crippen molar-refractivity contribution in [1.29, 1.82) is 0 Å². The molecule has 6 nitrogen and oxygen atoms in total. The van der Waals surface area contributed by atoms with Gasteiger partial charge in [0.15, 0.2) is 0 Å². The quantitative estimate of drug-likeness (QED) is 0.923. The minimum atomic E-state index is -0.269.